The van der Waals surface area contributed by atoms with Crippen LogP contribution in [0.5, 0.6) is 11.5 Å². The average molecular weight is 527 g/mol. The second-order valence-electron chi connectivity index (χ2n) is 7.44. The molecule has 170 valence electrons. The molecule has 1 amide bonds. The molecule has 1 aromatic heterocycles. The highest BCUT2D eigenvalue weighted by Crippen LogP contribution is 2.20. The topological polar surface area (TPSA) is 97.1 Å². The lowest BCUT2D eigenvalue weighted by Gasteiger charge is -2.08. The fraction of sp³-hybridized carbons (Fsp3) is 0.250. The highest BCUT2D eigenvalue weighted by Gasteiger charge is 2.13. The number of carbonyl (C=O) groups is 1. The summed E-state index contributed by atoms with van der Waals surface area (Å²) in [5, 5.41) is 21.3. The van der Waals surface area contributed by atoms with Crippen LogP contribution in [0.1, 0.15) is 24.4 Å². The molecule has 0 atom stereocenters. The molecule has 0 radical (unpaired) electrons. The number of benzene rings is 2. The van der Waals surface area contributed by atoms with Gasteiger partial charge in [-0.25, -0.2) is 0 Å². The van der Waals surface area contributed by atoms with Crippen LogP contribution in [-0.2, 0) is 11.2 Å². The Hall–Kier alpha value is -3.22. The molecule has 7 nitrogen and oxygen atoms in total. The van der Waals surface area contributed by atoms with Crippen molar-refractivity contribution in [3.05, 3.63) is 69.1 Å². The van der Waals surface area contributed by atoms with Crippen LogP contribution in [-0.4, -0.2) is 29.3 Å². The smallest absolute Gasteiger partial charge is 0.268 e. The molecule has 0 saturated carbocycles. The summed E-state index contributed by atoms with van der Waals surface area (Å²) in [4.78, 5) is 12.5. The number of ether oxygens (including phenoxy) is 2. The molecule has 0 aliphatic carbocycles. The van der Waals surface area contributed by atoms with Crippen molar-refractivity contribution in [2.45, 2.75) is 20.3 Å². The number of hydrogen-bond donors (Lipinski definition) is 1. The van der Waals surface area contributed by atoms with E-state index in [1.54, 1.807) is 24.3 Å². The molecule has 3 rings (SSSR count). The van der Waals surface area contributed by atoms with E-state index in [0.717, 1.165) is 21.7 Å². The maximum Gasteiger partial charge on any atom is 0.268 e. The van der Waals surface area contributed by atoms with Crippen molar-refractivity contribution >= 4 is 44.4 Å². The largest absolute Gasteiger partial charge is 0.490 e. The summed E-state index contributed by atoms with van der Waals surface area (Å²) in [6.45, 7) is 4.97. The Labute approximate surface area is 205 Å². The standard InChI is InChI=1S/C24H23BrN4O3S/c1-16(2)13-22-28-29-24(33-22)27-23(30)18(15-26)14-17-3-7-20(8-4-17)31-11-12-32-21-9-5-19(25)6-10-21/h3-10,14,16H,11-13H2,1-2H3,(H,27,29,30)/b18-14-. The van der Waals surface area contributed by atoms with Crippen LogP contribution in [0.3, 0.4) is 0 Å². The zero-order valence-corrected chi connectivity index (χ0v) is 20.6. The highest BCUT2D eigenvalue weighted by molar-refractivity contribution is 9.10. The minimum atomic E-state index is -0.518. The van der Waals surface area contributed by atoms with Gasteiger partial charge >= 0.3 is 0 Å². The molecule has 2 aromatic carbocycles. The molecule has 9 heteroatoms. The van der Waals surface area contributed by atoms with Crippen molar-refractivity contribution in [2.75, 3.05) is 18.5 Å². The van der Waals surface area contributed by atoms with Crippen LogP contribution in [0.25, 0.3) is 6.08 Å². The highest BCUT2D eigenvalue weighted by atomic mass is 79.9. The van der Waals surface area contributed by atoms with Crippen LogP contribution in [0.15, 0.2) is 58.6 Å². The number of nitrogens with one attached hydrogen (secondary N) is 1. The Morgan fingerprint density at radius 1 is 1.09 bits per heavy atom. The molecule has 0 fully saturated rings. The van der Waals surface area contributed by atoms with Gasteiger partial charge in [-0.3, -0.25) is 10.1 Å². The SMILES string of the molecule is CC(C)Cc1nnc(NC(=O)/C(C#N)=C\c2ccc(OCCOc3ccc(Br)cc3)cc2)s1. The van der Waals surface area contributed by atoms with Gasteiger partial charge in [-0.05, 0) is 54.0 Å². The minimum absolute atomic E-state index is 0.0211. The van der Waals surface area contributed by atoms with Gasteiger partial charge in [0, 0.05) is 10.9 Å². The van der Waals surface area contributed by atoms with Gasteiger partial charge in [0.1, 0.15) is 41.4 Å². The predicted octanol–water partition coefficient (Wildman–Crippen LogP) is 5.50. The van der Waals surface area contributed by atoms with E-state index in [2.05, 4.69) is 45.3 Å². The summed E-state index contributed by atoms with van der Waals surface area (Å²) in [5.74, 6) is 1.37. The van der Waals surface area contributed by atoms with E-state index in [1.165, 1.54) is 17.4 Å². The zero-order valence-electron chi connectivity index (χ0n) is 18.2. The molecule has 0 spiro atoms. The van der Waals surface area contributed by atoms with Crippen molar-refractivity contribution in [2.24, 2.45) is 5.92 Å². The van der Waals surface area contributed by atoms with Gasteiger partial charge in [-0.15, -0.1) is 10.2 Å². The third-order valence-electron chi connectivity index (χ3n) is 4.26. The lowest BCUT2D eigenvalue weighted by Crippen LogP contribution is -2.13. The number of carbonyl (C=O) groups excluding carboxylic acids is 1. The van der Waals surface area contributed by atoms with Crippen molar-refractivity contribution in [3.8, 4) is 17.6 Å². The molecule has 0 unspecified atom stereocenters. The van der Waals surface area contributed by atoms with Crippen LogP contribution < -0.4 is 14.8 Å². The Kier molecular flexibility index (Phi) is 8.98. The van der Waals surface area contributed by atoms with Crippen LogP contribution >= 0.6 is 27.3 Å². The van der Waals surface area contributed by atoms with Gasteiger partial charge in [-0.1, -0.05) is 53.2 Å². The molecule has 0 saturated heterocycles. The third kappa shape index (κ3) is 8.00. The van der Waals surface area contributed by atoms with Crippen molar-refractivity contribution in [1.29, 1.82) is 5.26 Å². The second kappa shape index (κ2) is 12.1. The molecule has 0 aliphatic heterocycles. The maximum atomic E-state index is 12.5. The molecule has 0 bridgehead atoms. The first-order valence-corrected chi connectivity index (χ1v) is 11.9. The number of hydrogen-bond acceptors (Lipinski definition) is 7. The predicted molar refractivity (Wildman–Crippen MR) is 132 cm³/mol. The summed E-state index contributed by atoms with van der Waals surface area (Å²) in [6, 6.07) is 16.6. The number of amides is 1. The monoisotopic (exact) mass is 526 g/mol. The van der Waals surface area contributed by atoms with E-state index >= 15 is 0 Å². The lowest BCUT2D eigenvalue weighted by atomic mass is 10.1. The Balaban J connectivity index is 1.51. The summed E-state index contributed by atoms with van der Waals surface area (Å²) in [6.07, 6.45) is 2.31. The van der Waals surface area contributed by atoms with Gasteiger partial charge in [0.15, 0.2) is 0 Å². The third-order valence-corrected chi connectivity index (χ3v) is 5.65. The lowest BCUT2D eigenvalue weighted by molar-refractivity contribution is -0.112. The summed E-state index contributed by atoms with van der Waals surface area (Å²) < 4.78 is 12.3. The molecule has 1 N–H and O–H groups in total. The number of nitriles is 1. The van der Waals surface area contributed by atoms with Crippen LogP contribution in [0, 0.1) is 17.2 Å². The van der Waals surface area contributed by atoms with Gasteiger partial charge in [0.25, 0.3) is 5.91 Å². The van der Waals surface area contributed by atoms with E-state index in [0.29, 0.717) is 35.6 Å². The Bertz CT molecular complexity index is 1140. The van der Waals surface area contributed by atoms with Gasteiger partial charge in [0.05, 0.1) is 0 Å². The number of halogens is 1. The van der Waals surface area contributed by atoms with E-state index in [-0.39, 0.29) is 5.57 Å². The number of anilines is 1. The quantitative estimate of drug-likeness (QED) is 0.212. The average Bonchev–Trinajstić information content (AvgIpc) is 3.23. The first kappa shape index (κ1) is 24.4. The van der Waals surface area contributed by atoms with Crippen molar-refractivity contribution in [1.82, 2.24) is 10.2 Å². The normalized spacial score (nSPS) is 11.2. The molecule has 1 heterocycles. The number of aromatic nitrogens is 2. The van der Waals surface area contributed by atoms with E-state index < -0.39 is 5.91 Å². The fourth-order valence-corrected chi connectivity index (χ4v) is 3.94. The molecular formula is C24H23BrN4O3S. The number of rotatable bonds is 10. The summed E-state index contributed by atoms with van der Waals surface area (Å²) in [5.41, 5.74) is 0.685. The summed E-state index contributed by atoms with van der Waals surface area (Å²) >= 11 is 4.70. The first-order chi connectivity index (χ1) is 15.9. The molecule has 3 aromatic rings. The van der Waals surface area contributed by atoms with E-state index in [4.69, 9.17) is 9.47 Å². The molecule has 0 aliphatic rings. The van der Waals surface area contributed by atoms with Crippen LogP contribution in [0.4, 0.5) is 5.13 Å². The van der Waals surface area contributed by atoms with Gasteiger partial charge < -0.3 is 9.47 Å². The fourth-order valence-electron chi connectivity index (χ4n) is 2.73. The first-order valence-electron chi connectivity index (χ1n) is 10.3. The van der Waals surface area contributed by atoms with E-state index in [9.17, 15) is 10.1 Å². The molecule has 33 heavy (non-hydrogen) atoms. The van der Waals surface area contributed by atoms with Crippen LogP contribution in [0.2, 0.25) is 0 Å². The Morgan fingerprint density at radius 3 is 2.27 bits per heavy atom. The minimum Gasteiger partial charge on any atom is -0.490 e. The van der Waals surface area contributed by atoms with Gasteiger partial charge in [0.2, 0.25) is 5.13 Å². The van der Waals surface area contributed by atoms with E-state index in [1.807, 2.05) is 30.3 Å². The number of nitrogens with zero attached hydrogens (tertiary/aromatic N) is 3. The van der Waals surface area contributed by atoms with Crippen molar-refractivity contribution < 1.29 is 14.3 Å². The Morgan fingerprint density at radius 2 is 1.70 bits per heavy atom. The summed E-state index contributed by atoms with van der Waals surface area (Å²) in [7, 11) is 0. The van der Waals surface area contributed by atoms with Crippen molar-refractivity contribution in [3.63, 3.8) is 0 Å². The maximum absolute atomic E-state index is 12.5. The second-order valence-corrected chi connectivity index (χ2v) is 9.42. The van der Waals surface area contributed by atoms with Gasteiger partial charge in [-0.2, -0.15) is 5.26 Å². The zero-order chi connectivity index (χ0) is 23.6. The molecular weight excluding hydrogens is 504 g/mol.